The average molecular weight is 192 g/mol. The number of aromatic nitrogens is 1. The molecule has 0 spiro atoms. The first kappa shape index (κ1) is 8.63. The Morgan fingerprint density at radius 1 is 1.64 bits per heavy atom. The predicted octanol–water partition coefficient (Wildman–Crippen LogP) is 0.262. The Labute approximate surface area is 69.6 Å². The second-order valence-electron chi connectivity index (χ2n) is 1.93. The molecule has 0 aromatic carbocycles. The molecule has 4 nitrogen and oxygen atoms in total. The SMILES string of the molecule is CSn1ccc(S(N)(=O)=O)c1. The van der Waals surface area contributed by atoms with Crippen molar-refractivity contribution in [3.8, 4) is 0 Å². The Morgan fingerprint density at radius 2 is 2.27 bits per heavy atom. The van der Waals surface area contributed by atoms with Crippen LogP contribution in [0.4, 0.5) is 0 Å². The van der Waals surface area contributed by atoms with Crippen LogP contribution in [0.3, 0.4) is 0 Å². The Kier molecular flexibility index (Phi) is 2.26. The fourth-order valence-electron chi connectivity index (χ4n) is 0.640. The Morgan fingerprint density at radius 3 is 2.55 bits per heavy atom. The monoisotopic (exact) mass is 192 g/mol. The highest BCUT2D eigenvalue weighted by Gasteiger charge is 2.08. The van der Waals surface area contributed by atoms with Gasteiger partial charge in [0.2, 0.25) is 10.0 Å². The maximum atomic E-state index is 10.7. The summed E-state index contributed by atoms with van der Waals surface area (Å²) >= 11 is 1.40. The van der Waals surface area contributed by atoms with Gasteiger partial charge in [0, 0.05) is 18.6 Å². The summed E-state index contributed by atoms with van der Waals surface area (Å²) in [6.07, 6.45) is 4.96. The Bertz CT molecular complexity index is 341. The van der Waals surface area contributed by atoms with Crippen molar-refractivity contribution in [3.05, 3.63) is 18.5 Å². The van der Waals surface area contributed by atoms with Gasteiger partial charge in [0.25, 0.3) is 0 Å². The normalized spacial score (nSPS) is 11.8. The van der Waals surface area contributed by atoms with E-state index in [-0.39, 0.29) is 4.90 Å². The summed E-state index contributed by atoms with van der Waals surface area (Å²) < 4.78 is 23.1. The van der Waals surface area contributed by atoms with Crippen LogP contribution >= 0.6 is 11.9 Å². The van der Waals surface area contributed by atoms with Crippen molar-refractivity contribution in [2.45, 2.75) is 4.90 Å². The van der Waals surface area contributed by atoms with Crippen molar-refractivity contribution in [3.63, 3.8) is 0 Å². The minimum atomic E-state index is -3.53. The first-order valence-electron chi connectivity index (χ1n) is 2.79. The molecule has 0 fully saturated rings. The van der Waals surface area contributed by atoms with Crippen LogP contribution in [0.2, 0.25) is 0 Å². The van der Waals surface area contributed by atoms with Crippen molar-refractivity contribution in [1.29, 1.82) is 0 Å². The molecule has 1 aromatic heterocycles. The molecule has 1 heterocycles. The maximum absolute atomic E-state index is 10.7. The molecule has 0 amide bonds. The van der Waals surface area contributed by atoms with E-state index in [1.807, 2.05) is 6.26 Å². The number of hydrogen-bond donors (Lipinski definition) is 1. The van der Waals surface area contributed by atoms with Gasteiger partial charge in [0.05, 0.1) is 0 Å². The molecule has 11 heavy (non-hydrogen) atoms. The molecular weight excluding hydrogens is 184 g/mol. The molecule has 0 saturated heterocycles. The fraction of sp³-hybridized carbons (Fsp3) is 0.200. The summed E-state index contributed by atoms with van der Waals surface area (Å²) in [5, 5.41) is 4.87. The molecule has 0 atom stereocenters. The Hall–Kier alpha value is -0.460. The molecular formula is C5H8N2O2S2. The first-order chi connectivity index (χ1) is 5.04. The predicted molar refractivity (Wildman–Crippen MR) is 44.7 cm³/mol. The van der Waals surface area contributed by atoms with Crippen LogP contribution in [-0.2, 0) is 10.0 Å². The lowest BCUT2D eigenvalue weighted by Crippen LogP contribution is -2.10. The van der Waals surface area contributed by atoms with Crippen LogP contribution in [0, 0.1) is 0 Å². The van der Waals surface area contributed by atoms with Gasteiger partial charge in [-0.15, -0.1) is 0 Å². The van der Waals surface area contributed by atoms with E-state index in [1.165, 1.54) is 24.2 Å². The molecule has 0 aliphatic heterocycles. The number of hydrogen-bond acceptors (Lipinski definition) is 3. The van der Waals surface area contributed by atoms with Gasteiger partial charge in [-0.05, 0) is 18.0 Å². The second-order valence-corrected chi connectivity index (χ2v) is 4.28. The number of sulfonamides is 1. The molecule has 0 radical (unpaired) electrons. The van der Waals surface area contributed by atoms with Crippen LogP contribution in [0.15, 0.2) is 23.4 Å². The van der Waals surface area contributed by atoms with Crippen molar-refractivity contribution in [2.75, 3.05) is 6.26 Å². The molecule has 1 rings (SSSR count). The van der Waals surface area contributed by atoms with E-state index in [1.54, 1.807) is 10.2 Å². The van der Waals surface area contributed by atoms with Gasteiger partial charge in [-0.1, -0.05) is 0 Å². The molecule has 0 saturated carbocycles. The molecule has 0 unspecified atom stereocenters. The topological polar surface area (TPSA) is 65.1 Å². The number of nitrogens with two attached hydrogens (primary N) is 1. The van der Waals surface area contributed by atoms with Crippen molar-refractivity contribution in [1.82, 2.24) is 3.97 Å². The smallest absolute Gasteiger partial charge is 0.239 e. The number of nitrogens with zero attached hydrogens (tertiary/aromatic N) is 1. The van der Waals surface area contributed by atoms with E-state index < -0.39 is 10.0 Å². The third-order valence-corrected chi connectivity index (χ3v) is 2.73. The highest BCUT2D eigenvalue weighted by molar-refractivity contribution is 7.97. The van der Waals surface area contributed by atoms with Gasteiger partial charge in [0.1, 0.15) is 4.90 Å². The minimum absolute atomic E-state index is 0.145. The van der Waals surface area contributed by atoms with Crippen molar-refractivity contribution < 1.29 is 8.42 Å². The standard InChI is InChI=1S/C5H8N2O2S2/c1-10-7-3-2-5(4-7)11(6,8)9/h2-4H,1H3,(H2,6,8,9). The number of rotatable bonds is 2. The molecule has 62 valence electrons. The van der Waals surface area contributed by atoms with Crippen LogP contribution in [0.1, 0.15) is 0 Å². The Balaban J connectivity index is 3.09. The summed E-state index contributed by atoms with van der Waals surface area (Å²) in [5.74, 6) is 0. The van der Waals surface area contributed by atoms with Gasteiger partial charge in [0.15, 0.2) is 0 Å². The lowest BCUT2D eigenvalue weighted by molar-refractivity contribution is 0.598. The van der Waals surface area contributed by atoms with Crippen LogP contribution in [0.25, 0.3) is 0 Å². The van der Waals surface area contributed by atoms with Gasteiger partial charge < -0.3 is 0 Å². The lowest BCUT2D eigenvalue weighted by Gasteiger charge is -1.92. The fourth-order valence-corrected chi connectivity index (χ4v) is 1.62. The van der Waals surface area contributed by atoms with Gasteiger partial charge >= 0.3 is 0 Å². The largest absolute Gasteiger partial charge is 0.298 e. The second kappa shape index (κ2) is 2.88. The maximum Gasteiger partial charge on any atom is 0.239 e. The van der Waals surface area contributed by atoms with Crippen LogP contribution in [-0.4, -0.2) is 18.6 Å². The summed E-state index contributed by atoms with van der Waals surface area (Å²) in [6.45, 7) is 0. The van der Waals surface area contributed by atoms with E-state index in [9.17, 15) is 8.42 Å². The average Bonchev–Trinajstić information content (AvgIpc) is 2.32. The van der Waals surface area contributed by atoms with Gasteiger partial charge in [-0.2, -0.15) is 0 Å². The van der Waals surface area contributed by atoms with Crippen molar-refractivity contribution in [2.24, 2.45) is 5.14 Å². The van der Waals surface area contributed by atoms with Gasteiger partial charge in [-0.25, -0.2) is 13.6 Å². The zero-order valence-corrected chi connectivity index (χ0v) is 7.52. The van der Waals surface area contributed by atoms with Crippen molar-refractivity contribution >= 4 is 22.0 Å². The third kappa shape index (κ3) is 1.98. The summed E-state index contributed by atoms with van der Waals surface area (Å²) in [5.41, 5.74) is 0. The van der Waals surface area contributed by atoms with E-state index in [4.69, 9.17) is 5.14 Å². The lowest BCUT2D eigenvalue weighted by atomic mass is 10.7. The number of primary sulfonamides is 1. The van der Waals surface area contributed by atoms with E-state index in [2.05, 4.69) is 0 Å². The molecule has 2 N–H and O–H groups in total. The quantitative estimate of drug-likeness (QED) is 0.731. The summed E-state index contributed by atoms with van der Waals surface area (Å²) in [7, 11) is -3.53. The van der Waals surface area contributed by atoms with Gasteiger partial charge in [-0.3, -0.25) is 3.97 Å². The molecule has 0 aliphatic rings. The molecule has 1 aromatic rings. The molecule has 6 heteroatoms. The summed E-state index contributed by atoms with van der Waals surface area (Å²) in [6, 6.07) is 1.46. The first-order valence-corrected chi connectivity index (χ1v) is 5.52. The zero-order chi connectivity index (χ0) is 8.48. The van der Waals surface area contributed by atoms with Crippen LogP contribution in [0.5, 0.6) is 0 Å². The third-order valence-electron chi connectivity index (χ3n) is 1.18. The molecule has 0 aliphatic carbocycles. The van der Waals surface area contributed by atoms with E-state index >= 15 is 0 Å². The molecule has 0 bridgehead atoms. The van der Waals surface area contributed by atoms with Crippen LogP contribution < -0.4 is 5.14 Å². The van der Waals surface area contributed by atoms with E-state index in [0.29, 0.717) is 0 Å². The highest BCUT2D eigenvalue weighted by Crippen LogP contribution is 2.10. The van der Waals surface area contributed by atoms with E-state index in [0.717, 1.165) is 0 Å². The summed E-state index contributed by atoms with van der Waals surface area (Å²) in [4.78, 5) is 0.145. The zero-order valence-electron chi connectivity index (χ0n) is 5.89. The minimum Gasteiger partial charge on any atom is -0.298 e. The highest BCUT2D eigenvalue weighted by atomic mass is 32.2.